The molecule has 2 aromatic carbocycles. The summed E-state index contributed by atoms with van der Waals surface area (Å²) >= 11 is 12.0. The molecule has 0 unspecified atom stereocenters. The molecule has 32 heavy (non-hydrogen) atoms. The highest BCUT2D eigenvalue weighted by molar-refractivity contribution is 7.89. The number of sulfonamides is 1. The third-order valence-electron chi connectivity index (χ3n) is 6.00. The third kappa shape index (κ3) is 4.12. The number of rotatable bonds is 5. The van der Waals surface area contributed by atoms with Gasteiger partial charge in [0, 0.05) is 34.7 Å². The van der Waals surface area contributed by atoms with Crippen LogP contribution in [0.3, 0.4) is 0 Å². The fourth-order valence-corrected chi connectivity index (χ4v) is 6.76. The van der Waals surface area contributed by atoms with E-state index in [1.54, 1.807) is 10.6 Å². The van der Waals surface area contributed by atoms with E-state index in [4.69, 9.17) is 23.2 Å². The topological polar surface area (TPSA) is 79.6 Å². The van der Waals surface area contributed by atoms with Crippen molar-refractivity contribution in [2.75, 3.05) is 13.1 Å². The molecule has 6 nitrogen and oxygen atoms in total. The molecule has 1 aliphatic heterocycles. The standard InChI is InChI=1S/C22H21Cl2FN2O4S/c1-13-22(17-11-16(25)3-4-19(17)27(13)12-21(28)29)14-6-8-26(9-7-14)32(30,31)20-5-2-15(23)10-18(20)24/h2-5,10-11,14H,6-9,12H2,1H3,(H,28,29). The van der Waals surface area contributed by atoms with Crippen molar-refractivity contribution in [3.63, 3.8) is 0 Å². The summed E-state index contributed by atoms with van der Waals surface area (Å²) in [7, 11) is -3.79. The van der Waals surface area contributed by atoms with Gasteiger partial charge in [0.05, 0.1) is 5.02 Å². The number of hydrogen-bond acceptors (Lipinski definition) is 3. The molecule has 0 amide bonds. The summed E-state index contributed by atoms with van der Waals surface area (Å²) in [5.74, 6) is -1.41. The Kier molecular flexibility index (Phi) is 6.24. The zero-order chi connectivity index (χ0) is 23.2. The van der Waals surface area contributed by atoms with Crippen molar-refractivity contribution in [2.24, 2.45) is 0 Å². The predicted octanol–water partition coefficient (Wildman–Crippen LogP) is 5.05. The molecule has 3 aromatic rings. The molecule has 1 aromatic heterocycles. The quantitative estimate of drug-likeness (QED) is 0.533. The van der Waals surface area contributed by atoms with Gasteiger partial charge in [0.2, 0.25) is 10.0 Å². The molecular weight excluding hydrogens is 478 g/mol. The lowest BCUT2D eigenvalue weighted by molar-refractivity contribution is -0.137. The summed E-state index contributed by atoms with van der Waals surface area (Å²) in [4.78, 5) is 11.4. The van der Waals surface area contributed by atoms with E-state index in [0.29, 0.717) is 28.8 Å². The average molecular weight is 499 g/mol. The van der Waals surface area contributed by atoms with Crippen molar-refractivity contribution >= 4 is 50.1 Å². The summed E-state index contributed by atoms with van der Waals surface area (Å²) in [6, 6.07) is 8.62. The van der Waals surface area contributed by atoms with Crippen LogP contribution < -0.4 is 0 Å². The van der Waals surface area contributed by atoms with Crippen LogP contribution in [0.15, 0.2) is 41.3 Å². The van der Waals surface area contributed by atoms with Gasteiger partial charge < -0.3 is 9.67 Å². The van der Waals surface area contributed by atoms with Gasteiger partial charge in [-0.15, -0.1) is 0 Å². The second kappa shape index (κ2) is 8.67. The summed E-state index contributed by atoms with van der Waals surface area (Å²) < 4.78 is 43.3. The third-order valence-corrected chi connectivity index (χ3v) is 8.62. The fourth-order valence-electron chi connectivity index (χ4n) is 4.54. The minimum Gasteiger partial charge on any atom is -0.480 e. The van der Waals surface area contributed by atoms with E-state index >= 15 is 0 Å². The lowest BCUT2D eigenvalue weighted by Gasteiger charge is -2.32. The second-order valence-corrected chi connectivity index (χ2v) is 10.6. The van der Waals surface area contributed by atoms with Crippen molar-refractivity contribution in [1.29, 1.82) is 0 Å². The van der Waals surface area contributed by atoms with Gasteiger partial charge in [-0.25, -0.2) is 12.8 Å². The first-order valence-electron chi connectivity index (χ1n) is 10.0. The van der Waals surface area contributed by atoms with E-state index in [9.17, 15) is 22.7 Å². The van der Waals surface area contributed by atoms with E-state index in [-0.39, 0.29) is 35.5 Å². The minimum absolute atomic E-state index is 0.0123. The zero-order valence-electron chi connectivity index (χ0n) is 17.2. The van der Waals surface area contributed by atoms with Crippen LogP contribution in [0, 0.1) is 12.7 Å². The summed E-state index contributed by atoms with van der Waals surface area (Å²) in [5, 5.41) is 10.4. The van der Waals surface area contributed by atoms with E-state index in [1.165, 1.54) is 34.6 Å². The van der Waals surface area contributed by atoms with E-state index in [1.807, 2.05) is 6.92 Å². The molecule has 1 fully saturated rings. The Balaban J connectivity index is 1.64. The number of carbonyl (C=O) groups is 1. The van der Waals surface area contributed by atoms with Crippen LogP contribution >= 0.6 is 23.2 Å². The Morgan fingerprint density at radius 1 is 1.16 bits per heavy atom. The Bertz CT molecular complexity index is 1320. The average Bonchev–Trinajstić information content (AvgIpc) is 2.98. The molecule has 170 valence electrons. The lowest BCUT2D eigenvalue weighted by atomic mass is 9.88. The molecular formula is C22H21Cl2FN2O4S. The highest BCUT2D eigenvalue weighted by atomic mass is 35.5. The van der Waals surface area contributed by atoms with Crippen molar-refractivity contribution in [3.8, 4) is 0 Å². The molecule has 1 aliphatic rings. The molecule has 2 heterocycles. The molecule has 0 aliphatic carbocycles. The number of piperidine rings is 1. The smallest absolute Gasteiger partial charge is 0.323 e. The Hall–Kier alpha value is -2.13. The van der Waals surface area contributed by atoms with Gasteiger partial charge in [-0.3, -0.25) is 4.79 Å². The van der Waals surface area contributed by atoms with Gasteiger partial charge in [-0.2, -0.15) is 4.31 Å². The van der Waals surface area contributed by atoms with Gasteiger partial charge in [-0.05, 0) is 67.6 Å². The van der Waals surface area contributed by atoms with Gasteiger partial charge in [-0.1, -0.05) is 23.2 Å². The Morgan fingerprint density at radius 2 is 1.84 bits per heavy atom. The van der Waals surface area contributed by atoms with Crippen LogP contribution in [-0.2, 0) is 21.4 Å². The molecule has 0 saturated carbocycles. The van der Waals surface area contributed by atoms with Crippen molar-refractivity contribution in [1.82, 2.24) is 8.87 Å². The highest BCUT2D eigenvalue weighted by Gasteiger charge is 2.33. The summed E-state index contributed by atoms with van der Waals surface area (Å²) in [6.45, 7) is 2.14. The number of benzene rings is 2. The van der Waals surface area contributed by atoms with Crippen LogP contribution in [0.1, 0.15) is 30.0 Å². The van der Waals surface area contributed by atoms with Crippen LogP contribution in [0.25, 0.3) is 10.9 Å². The van der Waals surface area contributed by atoms with Crippen LogP contribution in [-0.4, -0.2) is 41.5 Å². The molecule has 0 atom stereocenters. The first-order valence-corrected chi connectivity index (χ1v) is 12.2. The maximum absolute atomic E-state index is 14.0. The maximum Gasteiger partial charge on any atom is 0.323 e. The normalized spacial score (nSPS) is 16.0. The molecule has 0 bridgehead atoms. The summed E-state index contributed by atoms with van der Waals surface area (Å²) in [6.07, 6.45) is 1.04. The van der Waals surface area contributed by atoms with Gasteiger partial charge in [0.25, 0.3) is 0 Å². The fraction of sp³-hybridized carbons (Fsp3) is 0.318. The predicted molar refractivity (Wildman–Crippen MR) is 121 cm³/mol. The molecule has 10 heteroatoms. The van der Waals surface area contributed by atoms with Gasteiger partial charge >= 0.3 is 5.97 Å². The number of halogens is 3. The van der Waals surface area contributed by atoms with Gasteiger partial charge in [0.1, 0.15) is 17.3 Å². The number of nitrogens with zero attached hydrogens (tertiary/aromatic N) is 2. The van der Waals surface area contributed by atoms with Crippen molar-refractivity contribution in [3.05, 3.63) is 63.5 Å². The van der Waals surface area contributed by atoms with Crippen LogP contribution in [0.2, 0.25) is 10.0 Å². The number of aliphatic carboxylic acids is 1. The molecule has 0 spiro atoms. The van der Waals surface area contributed by atoms with E-state index in [2.05, 4.69) is 0 Å². The Labute approximate surface area is 195 Å². The molecule has 4 rings (SSSR count). The van der Waals surface area contributed by atoms with Crippen LogP contribution in [0.5, 0.6) is 0 Å². The largest absolute Gasteiger partial charge is 0.480 e. The van der Waals surface area contributed by atoms with E-state index in [0.717, 1.165) is 11.3 Å². The van der Waals surface area contributed by atoms with Gasteiger partial charge in [0.15, 0.2) is 0 Å². The number of aromatic nitrogens is 1. The maximum atomic E-state index is 14.0. The number of fused-ring (bicyclic) bond motifs is 1. The first kappa shape index (κ1) is 23.0. The minimum atomic E-state index is -3.79. The number of carboxylic acid groups (broad SMARTS) is 1. The van der Waals surface area contributed by atoms with Crippen molar-refractivity contribution in [2.45, 2.75) is 37.1 Å². The Morgan fingerprint density at radius 3 is 2.47 bits per heavy atom. The first-order chi connectivity index (χ1) is 15.1. The summed E-state index contributed by atoms with van der Waals surface area (Å²) in [5.41, 5.74) is 2.29. The monoisotopic (exact) mass is 498 g/mol. The molecule has 1 N–H and O–H groups in total. The number of hydrogen-bond donors (Lipinski definition) is 1. The lowest BCUT2D eigenvalue weighted by Crippen LogP contribution is -2.38. The van der Waals surface area contributed by atoms with E-state index < -0.39 is 21.8 Å². The molecule has 1 saturated heterocycles. The number of carboxylic acids is 1. The SMILES string of the molecule is Cc1c(C2CCN(S(=O)(=O)c3ccc(Cl)cc3Cl)CC2)c2cc(F)ccc2n1CC(=O)O. The highest BCUT2D eigenvalue weighted by Crippen LogP contribution is 2.39. The van der Waals surface area contributed by atoms with Crippen LogP contribution in [0.4, 0.5) is 4.39 Å². The zero-order valence-corrected chi connectivity index (χ0v) is 19.5. The second-order valence-electron chi connectivity index (χ2n) is 7.89. The van der Waals surface area contributed by atoms with Crippen molar-refractivity contribution < 1.29 is 22.7 Å². The molecule has 0 radical (unpaired) electrons.